The summed E-state index contributed by atoms with van der Waals surface area (Å²) in [5, 5.41) is 0. The van der Waals surface area contributed by atoms with Gasteiger partial charge in [0.1, 0.15) is 5.82 Å². The molecule has 2 atom stereocenters. The van der Waals surface area contributed by atoms with Gasteiger partial charge in [0, 0.05) is 6.04 Å². The maximum atomic E-state index is 13.0. The van der Waals surface area contributed by atoms with Crippen LogP contribution in [0.3, 0.4) is 0 Å². The van der Waals surface area contributed by atoms with Gasteiger partial charge in [-0.25, -0.2) is 4.39 Å². The third kappa shape index (κ3) is 3.70. The number of nitrogens with two attached hydrogens (primary N) is 1. The first-order valence-electron chi connectivity index (χ1n) is 5.34. The second-order valence-corrected chi connectivity index (χ2v) is 4.35. The van der Waals surface area contributed by atoms with E-state index in [4.69, 9.17) is 5.73 Å². The van der Waals surface area contributed by atoms with Gasteiger partial charge in [-0.05, 0) is 37.0 Å². The molecule has 0 spiro atoms. The number of hydrogen-bond acceptors (Lipinski definition) is 1. The molecule has 1 aromatic rings. The van der Waals surface area contributed by atoms with Gasteiger partial charge in [0.05, 0.1) is 5.56 Å². The van der Waals surface area contributed by atoms with Gasteiger partial charge in [-0.2, -0.15) is 13.2 Å². The van der Waals surface area contributed by atoms with Crippen LogP contribution < -0.4 is 5.73 Å². The first kappa shape index (κ1) is 14.0. The topological polar surface area (TPSA) is 26.0 Å². The van der Waals surface area contributed by atoms with Gasteiger partial charge >= 0.3 is 6.18 Å². The standard InChI is InChI=1S/C12H15F4N/c1-7(5-8(2)17)9-3-4-11(13)10(6-9)12(14,15)16/h3-4,6-8H,5,17H2,1-2H3. The highest BCUT2D eigenvalue weighted by molar-refractivity contribution is 5.29. The Morgan fingerprint density at radius 1 is 1.24 bits per heavy atom. The molecule has 0 fully saturated rings. The Bertz CT molecular complexity index is 385. The summed E-state index contributed by atoms with van der Waals surface area (Å²) in [5.74, 6) is -1.37. The average molecular weight is 249 g/mol. The maximum absolute atomic E-state index is 13.0. The van der Waals surface area contributed by atoms with Crippen molar-refractivity contribution in [2.75, 3.05) is 0 Å². The summed E-state index contributed by atoms with van der Waals surface area (Å²) in [7, 11) is 0. The highest BCUT2D eigenvalue weighted by Gasteiger charge is 2.34. The van der Waals surface area contributed by atoms with Crippen molar-refractivity contribution in [2.24, 2.45) is 5.73 Å². The van der Waals surface area contributed by atoms with E-state index in [1.807, 2.05) is 0 Å². The molecular weight excluding hydrogens is 234 g/mol. The van der Waals surface area contributed by atoms with Crippen molar-refractivity contribution in [2.45, 2.75) is 38.4 Å². The predicted octanol–water partition coefficient (Wildman–Crippen LogP) is 3.69. The molecular formula is C12H15F4N. The van der Waals surface area contributed by atoms with Gasteiger partial charge in [0.2, 0.25) is 0 Å². The van der Waals surface area contributed by atoms with Gasteiger partial charge in [-0.15, -0.1) is 0 Å². The maximum Gasteiger partial charge on any atom is 0.419 e. The second kappa shape index (κ2) is 5.04. The Morgan fingerprint density at radius 2 is 1.82 bits per heavy atom. The fourth-order valence-electron chi connectivity index (χ4n) is 1.76. The van der Waals surface area contributed by atoms with E-state index < -0.39 is 17.6 Å². The van der Waals surface area contributed by atoms with E-state index in [1.54, 1.807) is 13.8 Å². The molecule has 96 valence electrons. The van der Waals surface area contributed by atoms with Crippen LogP contribution in [-0.2, 0) is 6.18 Å². The second-order valence-electron chi connectivity index (χ2n) is 4.35. The summed E-state index contributed by atoms with van der Waals surface area (Å²) >= 11 is 0. The van der Waals surface area contributed by atoms with Crippen molar-refractivity contribution in [3.8, 4) is 0 Å². The lowest BCUT2D eigenvalue weighted by Crippen LogP contribution is -2.18. The Balaban J connectivity index is 3.04. The molecule has 0 radical (unpaired) electrons. The van der Waals surface area contributed by atoms with Crippen LogP contribution in [0, 0.1) is 5.82 Å². The lowest BCUT2D eigenvalue weighted by atomic mass is 9.93. The van der Waals surface area contributed by atoms with E-state index in [0.29, 0.717) is 12.0 Å². The number of rotatable bonds is 3. The van der Waals surface area contributed by atoms with Gasteiger partial charge in [-0.1, -0.05) is 13.0 Å². The fourth-order valence-corrected chi connectivity index (χ4v) is 1.76. The van der Waals surface area contributed by atoms with Crippen molar-refractivity contribution in [3.63, 3.8) is 0 Å². The molecule has 1 rings (SSSR count). The van der Waals surface area contributed by atoms with Crippen molar-refractivity contribution in [3.05, 3.63) is 35.1 Å². The first-order valence-corrected chi connectivity index (χ1v) is 5.34. The molecule has 2 N–H and O–H groups in total. The van der Waals surface area contributed by atoms with E-state index >= 15 is 0 Å². The van der Waals surface area contributed by atoms with E-state index in [-0.39, 0.29) is 12.0 Å². The van der Waals surface area contributed by atoms with Crippen LogP contribution in [0.5, 0.6) is 0 Å². The number of alkyl halides is 3. The van der Waals surface area contributed by atoms with Gasteiger partial charge in [0.25, 0.3) is 0 Å². The van der Waals surface area contributed by atoms with E-state index in [2.05, 4.69) is 0 Å². The molecule has 1 nitrogen and oxygen atoms in total. The number of hydrogen-bond donors (Lipinski definition) is 1. The monoisotopic (exact) mass is 249 g/mol. The zero-order valence-corrected chi connectivity index (χ0v) is 9.68. The highest BCUT2D eigenvalue weighted by Crippen LogP contribution is 2.33. The lowest BCUT2D eigenvalue weighted by molar-refractivity contribution is -0.140. The quantitative estimate of drug-likeness (QED) is 0.812. The zero-order valence-electron chi connectivity index (χ0n) is 9.68. The molecule has 0 aliphatic rings. The average Bonchev–Trinajstić information content (AvgIpc) is 2.15. The minimum atomic E-state index is -4.66. The molecule has 0 bridgehead atoms. The molecule has 0 amide bonds. The summed E-state index contributed by atoms with van der Waals surface area (Å²) in [5.41, 5.74) is 4.83. The normalized spacial score (nSPS) is 15.7. The largest absolute Gasteiger partial charge is 0.419 e. The molecule has 2 unspecified atom stereocenters. The zero-order chi connectivity index (χ0) is 13.2. The van der Waals surface area contributed by atoms with Crippen LogP contribution in [-0.4, -0.2) is 6.04 Å². The molecule has 5 heteroatoms. The Labute approximate surface area is 97.6 Å². The molecule has 1 aromatic carbocycles. The predicted molar refractivity (Wildman–Crippen MR) is 58.1 cm³/mol. The van der Waals surface area contributed by atoms with Crippen molar-refractivity contribution in [1.82, 2.24) is 0 Å². The Hall–Kier alpha value is -1.10. The SMILES string of the molecule is CC(N)CC(C)c1ccc(F)c(C(F)(F)F)c1. The van der Waals surface area contributed by atoms with Gasteiger partial charge < -0.3 is 5.73 Å². The van der Waals surface area contributed by atoms with Crippen LogP contribution in [0.15, 0.2) is 18.2 Å². The van der Waals surface area contributed by atoms with Gasteiger partial charge in [0.15, 0.2) is 0 Å². The minimum Gasteiger partial charge on any atom is -0.328 e. The number of halogens is 4. The molecule has 0 aliphatic heterocycles. The van der Waals surface area contributed by atoms with Crippen LogP contribution in [0.2, 0.25) is 0 Å². The third-order valence-corrected chi connectivity index (χ3v) is 2.59. The fraction of sp³-hybridized carbons (Fsp3) is 0.500. The molecule has 0 aliphatic carbocycles. The van der Waals surface area contributed by atoms with E-state index in [9.17, 15) is 17.6 Å². The summed E-state index contributed by atoms with van der Waals surface area (Å²) in [4.78, 5) is 0. The van der Waals surface area contributed by atoms with Crippen molar-refractivity contribution in [1.29, 1.82) is 0 Å². The summed E-state index contributed by atoms with van der Waals surface area (Å²) in [6.07, 6.45) is -4.10. The van der Waals surface area contributed by atoms with Crippen LogP contribution in [0.4, 0.5) is 17.6 Å². The Morgan fingerprint density at radius 3 is 2.29 bits per heavy atom. The van der Waals surface area contributed by atoms with E-state index in [1.165, 1.54) is 6.07 Å². The molecule has 0 aromatic heterocycles. The Kier molecular flexibility index (Phi) is 4.14. The summed E-state index contributed by atoms with van der Waals surface area (Å²) < 4.78 is 50.5. The van der Waals surface area contributed by atoms with Crippen LogP contribution in [0.1, 0.15) is 37.3 Å². The molecule has 0 saturated heterocycles. The van der Waals surface area contributed by atoms with Crippen molar-refractivity contribution >= 4 is 0 Å². The highest BCUT2D eigenvalue weighted by atomic mass is 19.4. The third-order valence-electron chi connectivity index (χ3n) is 2.59. The first-order chi connectivity index (χ1) is 7.71. The van der Waals surface area contributed by atoms with Crippen LogP contribution >= 0.6 is 0 Å². The molecule has 0 saturated carbocycles. The lowest BCUT2D eigenvalue weighted by Gasteiger charge is -2.16. The van der Waals surface area contributed by atoms with Gasteiger partial charge in [-0.3, -0.25) is 0 Å². The van der Waals surface area contributed by atoms with Crippen LogP contribution in [0.25, 0.3) is 0 Å². The van der Waals surface area contributed by atoms with Crippen molar-refractivity contribution < 1.29 is 17.6 Å². The van der Waals surface area contributed by atoms with E-state index in [0.717, 1.165) is 12.1 Å². The summed E-state index contributed by atoms with van der Waals surface area (Å²) in [6, 6.07) is 2.99. The smallest absolute Gasteiger partial charge is 0.328 e. The molecule has 0 heterocycles. The molecule has 17 heavy (non-hydrogen) atoms. The number of benzene rings is 1. The minimum absolute atomic E-state index is 0.107. The summed E-state index contributed by atoms with van der Waals surface area (Å²) in [6.45, 7) is 3.56.